The van der Waals surface area contributed by atoms with E-state index < -0.39 is 0 Å². The molecule has 0 saturated carbocycles. The summed E-state index contributed by atoms with van der Waals surface area (Å²) in [4.78, 5) is 29.7. The fourth-order valence-electron chi connectivity index (χ4n) is 4.30. The van der Waals surface area contributed by atoms with Gasteiger partial charge in [-0.15, -0.1) is 10.2 Å². The van der Waals surface area contributed by atoms with Crippen LogP contribution in [0.5, 0.6) is 0 Å². The minimum absolute atomic E-state index is 0.0897. The molecule has 5 rings (SSSR count). The van der Waals surface area contributed by atoms with Gasteiger partial charge in [0.25, 0.3) is 11.5 Å². The van der Waals surface area contributed by atoms with Crippen LogP contribution in [0.15, 0.2) is 41.2 Å². The average molecular weight is 485 g/mol. The van der Waals surface area contributed by atoms with Crippen LogP contribution in [0.1, 0.15) is 21.7 Å². The number of carbonyl (C=O) groups excluding carboxylic acids is 1. The van der Waals surface area contributed by atoms with E-state index in [0.29, 0.717) is 59.5 Å². The fraction of sp³-hybridized carbons (Fsp3) is 0.304. The van der Waals surface area contributed by atoms with Crippen molar-refractivity contribution in [2.45, 2.75) is 13.5 Å². The smallest absolute Gasteiger partial charge is 0.262 e. The molecule has 4 aromatic rings. The zero-order valence-corrected chi connectivity index (χ0v) is 19.8. The van der Waals surface area contributed by atoms with Crippen LogP contribution in [-0.4, -0.2) is 61.1 Å². The van der Waals surface area contributed by atoms with E-state index in [4.69, 9.17) is 23.2 Å². The summed E-state index contributed by atoms with van der Waals surface area (Å²) in [6.45, 7) is 5.06. The van der Waals surface area contributed by atoms with Gasteiger partial charge in [-0.1, -0.05) is 34.8 Å². The molecule has 1 saturated heterocycles. The maximum Gasteiger partial charge on any atom is 0.262 e. The molecule has 1 fully saturated rings. The third kappa shape index (κ3) is 3.88. The van der Waals surface area contributed by atoms with Crippen LogP contribution in [0.3, 0.4) is 0 Å². The van der Waals surface area contributed by atoms with Crippen molar-refractivity contribution in [3.8, 4) is 0 Å². The lowest BCUT2D eigenvalue weighted by Gasteiger charge is -2.34. The molecule has 2 aromatic carbocycles. The lowest BCUT2D eigenvalue weighted by Crippen LogP contribution is -2.48. The van der Waals surface area contributed by atoms with E-state index in [2.05, 4.69) is 15.1 Å². The number of nitrogens with zero attached hydrogens (tertiary/aromatic N) is 6. The molecule has 0 unspecified atom stereocenters. The number of carbonyl (C=O) groups is 1. The SMILES string of the molecule is Cc1ccc2c(c1)c(=O)n(C)c1nnc(CN3CCN(C(=O)c4ccc(Cl)cc4Cl)CC3)n21. The van der Waals surface area contributed by atoms with Crippen molar-refractivity contribution < 1.29 is 4.79 Å². The van der Waals surface area contributed by atoms with E-state index in [0.717, 1.165) is 16.9 Å². The molecule has 2 aromatic heterocycles. The van der Waals surface area contributed by atoms with E-state index >= 15 is 0 Å². The molecule has 0 atom stereocenters. The molecule has 1 amide bonds. The fourth-order valence-corrected chi connectivity index (χ4v) is 4.79. The van der Waals surface area contributed by atoms with Gasteiger partial charge in [-0.05, 0) is 37.3 Å². The van der Waals surface area contributed by atoms with Crippen LogP contribution in [0.4, 0.5) is 0 Å². The first-order valence-electron chi connectivity index (χ1n) is 10.6. The van der Waals surface area contributed by atoms with Crippen LogP contribution in [-0.2, 0) is 13.6 Å². The van der Waals surface area contributed by atoms with Gasteiger partial charge in [0, 0.05) is 38.2 Å². The van der Waals surface area contributed by atoms with Crippen LogP contribution in [0.25, 0.3) is 16.7 Å². The molecule has 0 spiro atoms. The molecule has 0 aliphatic carbocycles. The Morgan fingerprint density at radius 3 is 2.52 bits per heavy atom. The molecular formula is C23H22Cl2N6O2. The number of benzene rings is 2. The average Bonchev–Trinajstić information content (AvgIpc) is 3.21. The molecule has 1 aliphatic rings. The lowest BCUT2D eigenvalue weighted by molar-refractivity contribution is 0.0625. The zero-order valence-electron chi connectivity index (χ0n) is 18.3. The highest BCUT2D eigenvalue weighted by atomic mass is 35.5. The molecule has 0 bridgehead atoms. The number of aryl methyl sites for hydroxylation is 2. The summed E-state index contributed by atoms with van der Waals surface area (Å²) in [5.41, 5.74) is 2.19. The first-order chi connectivity index (χ1) is 15.8. The van der Waals surface area contributed by atoms with Gasteiger partial charge in [0.05, 0.1) is 28.0 Å². The molecule has 0 radical (unpaired) electrons. The Balaban J connectivity index is 1.37. The molecule has 0 N–H and O–H groups in total. The molecule has 8 nitrogen and oxygen atoms in total. The lowest BCUT2D eigenvalue weighted by atomic mass is 10.1. The number of amides is 1. The number of hydrogen-bond donors (Lipinski definition) is 0. The molecule has 10 heteroatoms. The Morgan fingerprint density at radius 2 is 1.79 bits per heavy atom. The summed E-state index contributed by atoms with van der Waals surface area (Å²) in [7, 11) is 1.71. The maximum absolute atomic E-state index is 12.9. The third-order valence-corrected chi connectivity index (χ3v) is 6.67. The highest BCUT2D eigenvalue weighted by Gasteiger charge is 2.25. The van der Waals surface area contributed by atoms with Gasteiger partial charge in [0.15, 0.2) is 5.82 Å². The van der Waals surface area contributed by atoms with Crippen molar-refractivity contribution in [1.29, 1.82) is 0 Å². The normalized spacial score (nSPS) is 15.0. The van der Waals surface area contributed by atoms with Crippen molar-refractivity contribution in [3.05, 3.63) is 73.7 Å². The highest BCUT2D eigenvalue weighted by Crippen LogP contribution is 2.23. The second kappa shape index (κ2) is 8.44. The molecule has 1 aliphatic heterocycles. The zero-order chi connectivity index (χ0) is 23.3. The maximum atomic E-state index is 12.9. The first-order valence-corrected chi connectivity index (χ1v) is 11.4. The molecule has 170 valence electrons. The second-order valence-corrected chi connectivity index (χ2v) is 9.17. The number of rotatable bonds is 3. The Labute approximate surface area is 199 Å². The Kier molecular flexibility index (Phi) is 5.60. The number of halogens is 2. The summed E-state index contributed by atoms with van der Waals surface area (Å²) in [6.07, 6.45) is 0. The van der Waals surface area contributed by atoms with Gasteiger partial charge in [-0.25, -0.2) is 0 Å². The standard InChI is InChI=1S/C23H22Cl2N6O2/c1-14-3-6-19-17(11-14)21(32)28(2)23-27-26-20(31(19)23)13-29-7-9-30(10-8-29)22(33)16-5-4-15(24)12-18(16)25/h3-6,11-12H,7-10,13H2,1-2H3. The number of hydrogen-bond acceptors (Lipinski definition) is 5. The van der Waals surface area contributed by atoms with Gasteiger partial charge in [0.2, 0.25) is 5.78 Å². The first kappa shape index (κ1) is 21.9. The third-order valence-electron chi connectivity index (χ3n) is 6.13. The van der Waals surface area contributed by atoms with Crippen molar-refractivity contribution >= 4 is 45.8 Å². The van der Waals surface area contributed by atoms with E-state index in [1.807, 2.05) is 29.5 Å². The van der Waals surface area contributed by atoms with Gasteiger partial charge < -0.3 is 4.90 Å². The molecule has 33 heavy (non-hydrogen) atoms. The Bertz CT molecular complexity index is 1450. The topological polar surface area (TPSA) is 75.7 Å². The quantitative estimate of drug-likeness (QED) is 0.446. The monoisotopic (exact) mass is 484 g/mol. The molecule has 3 heterocycles. The minimum atomic E-state index is -0.0967. The highest BCUT2D eigenvalue weighted by molar-refractivity contribution is 6.36. The van der Waals surface area contributed by atoms with Gasteiger partial charge >= 0.3 is 0 Å². The predicted octanol–water partition coefficient (Wildman–Crippen LogP) is 3.15. The van der Waals surface area contributed by atoms with Crippen molar-refractivity contribution in [2.24, 2.45) is 7.05 Å². The van der Waals surface area contributed by atoms with Crippen molar-refractivity contribution in [3.63, 3.8) is 0 Å². The van der Waals surface area contributed by atoms with Crippen molar-refractivity contribution in [2.75, 3.05) is 26.2 Å². The number of aromatic nitrogens is 4. The van der Waals surface area contributed by atoms with Crippen molar-refractivity contribution in [1.82, 2.24) is 29.0 Å². The summed E-state index contributed by atoms with van der Waals surface area (Å²) < 4.78 is 3.48. The Morgan fingerprint density at radius 1 is 1.03 bits per heavy atom. The van der Waals surface area contributed by atoms with Crippen LogP contribution in [0.2, 0.25) is 10.0 Å². The predicted molar refractivity (Wildman–Crippen MR) is 128 cm³/mol. The van der Waals surface area contributed by atoms with Gasteiger partial charge in [-0.2, -0.15) is 0 Å². The summed E-state index contributed by atoms with van der Waals surface area (Å²) in [6, 6.07) is 10.7. The summed E-state index contributed by atoms with van der Waals surface area (Å²) >= 11 is 12.2. The van der Waals surface area contributed by atoms with E-state index in [9.17, 15) is 9.59 Å². The summed E-state index contributed by atoms with van der Waals surface area (Å²) in [5, 5.41) is 10.2. The molecular weight excluding hydrogens is 463 g/mol. The number of fused-ring (bicyclic) bond motifs is 3. The van der Waals surface area contributed by atoms with Crippen LogP contribution < -0.4 is 5.56 Å². The Hall–Kier alpha value is -2.94. The number of piperazine rings is 1. The van der Waals surface area contributed by atoms with Gasteiger partial charge in [-0.3, -0.25) is 23.5 Å². The second-order valence-electron chi connectivity index (χ2n) is 8.33. The van der Waals surface area contributed by atoms with Crippen LogP contribution in [0, 0.1) is 6.92 Å². The van der Waals surface area contributed by atoms with E-state index in [1.165, 1.54) is 4.57 Å². The largest absolute Gasteiger partial charge is 0.336 e. The minimum Gasteiger partial charge on any atom is -0.336 e. The van der Waals surface area contributed by atoms with Crippen LogP contribution >= 0.6 is 23.2 Å². The van der Waals surface area contributed by atoms with E-state index in [-0.39, 0.29) is 11.5 Å². The summed E-state index contributed by atoms with van der Waals surface area (Å²) in [5.74, 6) is 1.17. The van der Waals surface area contributed by atoms with E-state index in [1.54, 1.807) is 30.1 Å². The van der Waals surface area contributed by atoms with Gasteiger partial charge in [0.1, 0.15) is 0 Å².